The molecule has 0 amide bonds. The summed E-state index contributed by atoms with van der Waals surface area (Å²) in [6.07, 6.45) is 4.09. The molecule has 2 aromatic heterocycles. The van der Waals surface area contributed by atoms with Crippen LogP contribution in [-0.4, -0.2) is 54.7 Å². The van der Waals surface area contributed by atoms with Crippen molar-refractivity contribution in [2.75, 3.05) is 40.4 Å². The van der Waals surface area contributed by atoms with E-state index in [-0.39, 0.29) is 0 Å². The Bertz CT molecular complexity index is 437. The van der Waals surface area contributed by atoms with Gasteiger partial charge in [-0.3, -0.25) is 4.40 Å². The molecule has 0 saturated heterocycles. The Morgan fingerprint density at radius 1 is 1.44 bits per heavy atom. The summed E-state index contributed by atoms with van der Waals surface area (Å²) in [5.74, 6) is 0. The van der Waals surface area contributed by atoms with E-state index in [0.29, 0.717) is 0 Å². The lowest BCUT2D eigenvalue weighted by Crippen LogP contribution is -2.23. The van der Waals surface area contributed by atoms with Crippen LogP contribution in [0.4, 0.5) is 0 Å². The minimum Gasteiger partial charge on any atom is -0.379 e. The van der Waals surface area contributed by atoms with E-state index in [0.717, 1.165) is 43.5 Å². The van der Waals surface area contributed by atoms with Gasteiger partial charge < -0.3 is 15.0 Å². The van der Waals surface area contributed by atoms with Crippen molar-refractivity contribution in [1.29, 1.82) is 0 Å². The maximum absolute atomic E-state index is 5.50. The second-order valence-electron chi connectivity index (χ2n) is 4.42. The van der Waals surface area contributed by atoms with Gasteiger partial charge in [0.05, 0.1) is 18.9 Å². The van der Waals surface area contributed by atoms with E-state index in [2.05, 4.69) is 25.8 Å². The van der Waals surface area contributed by atoms with Gasteiger partial charge in [0.2, 0.25) is 0 Å². The maximum Gasteiger partial charge on any atom is 0.193 e. The van der Waals surface area contributed by atoms with Crippen molar-refractivity contribution in [2.45, 2.75) is 6.54 Å². The second kappa shape index (κ2) is 6.84. The highest BCUT2D eigenvalue weighted by Gasteiger charge is 2.01. The predicted octanol–water partition coefficient (Wildman–Crippen LogP) is 1.06. The quantitative estimate of drug-likeness (QED) is 0.727. The highest BCUT2D eigenvalue weighted by Crippen LogP contribution is 2.10. The van der Waals surface area contributed by atoms with Crippen LogP contribution in [0.1, 0.15) is 5.69 Å². The van der Waals surface area contributed by atoms with Gasteiger partial charge in [-0.25, -0.2) is 4.98 Å². The molecule has 0 unspecified atom stereocenters. The Morgan fingerprint density at radius 3 is 3.11 bits per heavy atom. The van der Waals surface area contributed by atoms with E-state index >= 15 is 0 Å². The number of fused-ring (bicyclic) bond motifs is 1. The Morgan fingerprint density at radius 2 is 2.33 bits per heavy atom. The molecule has 0 bridgehead atoms. The third-order valence-corrected chi connectivity index (χ3v) is 3.33. The number of aromatic nitrogens is 2. The monoisotopic (exact) mass is 268 g/mol. The van der Waals surface area contributed by atoms with Gasteiger partial charge in [-0.1, -0.05) is 0 Å². The van der Waals surface area contributed by atoms with Crippen LogP contribution in [0.2, 0.25) is 0 Å². The van der Waals surface area contributed by atoms with Crippen LogP contribution in [-0.2, 0) is 11.3 Å². The molecule has 2 heterocycles. The number of rotatable bonds is 8. The summed E-state index contributed by atoms with van der Waals surface area (Å²) in [6.45, 7) is 4.16. The predicted molar refractivity (Wildman–Crippen MR) is 74.1 cm³/mol. The van der Waals surface area contributed by atoms with Gasteiger partial charge in [0, 0.05) is 37.4 Å². The second-order valence-corrected chi connectivity index (χ2v) is 5.29. The molecule has 2 rings (SSSR count). The molecular formula is C12H20N4OS. The first-order chi connectivity index (χ1) is 8.75. The van der Waals surface area contributed by atoms with E-state index in [1.807, 2.05) is 25.7 Å². The highest BCUT2D eigenvalue weighted by atomic mass is 32.1. The van der Waals surface area contributed by atoms with Crippen LogP contribution in [0, 0.1) is 0 Å². The number of hydrogen-bond acceptors (Lipinski definition) is 5. The average molecular weight is 268 g/mol. The summed E-state index contributed by atoms with van der Waals surface area (Å²) in [7, 11) is 4.10. The Labute approximate surface area is 111 Å². The number of hydrogen-bond donors (Lipinski definition) is 1. The smallest absolute Gasteiger partial charge is 0.193 e. The van der Waals surface area contributed by atoms with Crippen molar-refractivity contribution in [1.82, 2.24) is 19.6 Å². The van der Waals surface area contributed by atoms with Crippen molar-refractivity contribution in [2.24, 2.45) is 0 Å². The fourth-order valence-electron chi connectivity index (χ4n) is 1.57. The minimum absolute atomic E-state index is 0.746. The molecule has 0 saturated carbocycles. The van der Waals surface area contributed by atoms with Crippen molar-refractivity contribution in [3.8, 4) is 0 Å². The molecular weight excluding hydrogens is 248 g/mol. The number of ether oxygens (including phenoxy) is 1. The summed E-state index contributed by atoms with van der Waals surface area (Å²) >= 11 is 1.66. The summed E-state index contributed by atoms with van der Waals surface area (Å²) in [6, 6.07) is 0. The van der Waals surface area contributed by atoms with Crippen molar-refractivity contribution >= 4 is 16.3 Å². The Kier molecular flexibility index (Phi) is 5.12. The summed E-state index contributed by atoms with van der Waals surface area (Å²) in [5, 5.41) is 5.37. The normalized spacial score (nSPS) is 11.7. The summed E-state index contributed by atoms with van der Waals surface area (Å²) in [4.78, 5) is 7.67. The first-order valence-corrected chi connectivity index (χ1v) is 6.98. The van der Waals surface area contributed by atoms with E-state index in [1.165, 1.54) is 0 Å². The zero-order chi connectivity index (χ0) is 12.8. The van der Waals surface area contributed by atoms with Gasteiger partial charge in [0.15, 0.2) is 4.96 Å². The summed E-state index contributed by atoms with van der Waals surface area (Å²) in [5.41, 5.74) is 1.08. The van der Waals surface area contributed by atoms with E-state index < -0.39 is 0 Å². The standard InChI is InChI=1S/C12H20N4OS/c1-15(2)4-7-17-6-3-13-9-11-10-16-5-8-18-12(16)14-11/h5,8,10,13H,3-4,6-7,9H2,1-2H3. The number of nitrogens with zero attached hydrogens (tertiary/aromatic N) is 3. The molecule has 1 N–H and O–H groups in total. The van der Waals surface area contributed by atoms with Gasteiger partial charge in [-0.2, -0.15) is 0 Å². The molecule has 0 aromatic carbocycles. The van der Waals surface area contributed by atoms with E-state index in [4.69, 9.17) is 4.74 Å². The minimum atomic E-state index is 0.746. The largest absolute Gasteiger partial charge is 0.379 e. The molecule has 6 heteroatoms. The molecule has 5 nitrogen and oxygen atoms in total. The first-order valence-electron chi connectivity index (χ1n) is 6.10. The number of likely N-dealkylation sites (N-methyl/N-ethyl adjacent to an activating group) is 1. The van der Waals surface area contributed by atoms with Gasteiger partial charge in [-0.15, -0.1) is 11.3 Å². The van der Waals surface area contributed by atoms with Gasteiger partial charge in [-0.05, 0) is 14.1 Å². The molecule has 18 heavy (non-hydrogen) atoms. The van der Waals surface area contributed by atoms with Crippen molar-refractivity contribution in [3.63, 3.8) is 0 Å². The van der Waals surface area contributed by atoms with Gasteiger partial charge >= 0.3 is 0 Å². The molecule has 0 radical (unpaired) electrons. The fraction of sp³-hybridized carbons (Fsp3) is 0.583. The van der Waals surface area contributed by atoms with Crippen LogP contribution >= 0.6 is 11.3 Å². The lowest BCUT2D eigenvalue weighted by atomic mass is 10.4. The lowest BCUT2D eigenvalue weighted by molar-refractivity contribution is 0.119. The lowest BCUT2D eigenvalue weighted by Gasteiger charge is -2.09. The number of imidazole rings is 1. The van der Waals surface area contributed by atoms with Gasteiger partial charge in [0.25, 0.3) is 0 Å². The van der Waals surface area contributed by atoms with E-state index in [1.54, 1.807) is 11.3 Å². The van der Waals surface area contributed by atoms with Crippen molar-refractivity contribution < 1.29 is 4.74 Å². The number of thiazole rings is 1. The SMILES string of the molecule is CN(C)CCOCCNCc1cn2ccsc2n1. The van der Waals surface area contributed by atoms with Crippen LogP contribution < -0.4 is 5.32 Å². The van der Waals surface area contributed by atoms with Crippen molar-refractivity contribution in [3.05, 3.63) is 23.5 Å². The Hall–Kier alpha value is -0.950. The molecule has 100 valence electrons. The third-order valence-electron chi connectivity index (χ3n) is 2.56. The third kappa shape index (κ3) is 4.06. The zero-order valence-electron chi connectivity index (χ0n) is 10.9. The average Bonchev–Trinajstić information content (AvgIpc) is 2.87. The molecule has 0 atom stereocenters. The van der Waals surface area contributed by atoms with Crippen LogP contribution in [0.5, 0.6) is 0 Å². The molecule has 0 aliphatic rings. The van der Waals surface area contributed by atoms with Crippen LogP contribution in [0.15, 0.2) is 17.8 Å². The Balaban J connectivity index is 1.57. The fourth-order valence-corrected chi connectivity index (χ4v) is 2.29. The first kappa shape index (κ1) is 13.5. The van der Waals surface area contributed by atoms with Gasteiger partial charge in [0.1, 0.15) is 0 Å². The highest BCUT2D eigenvalue weighted by molar-refractivity contribution is 7.15. The molecule has 0 fully saturated rings. The molecule has 0 spiro atoms. The molecule has 0 aliphatic heterocycles. The zero-order valence-corrected chi connectivity index (χ0v) is 11.7. The van der Waals surface area contributed by atoms with Crippen LogP contribution in [0.3, 0.4) is 0 Å². The van der Waals surface area contributed by atoms with Crippen LogP contribution in [0.25, 0.3) is 4.96 Å². The van der Waals surface area contributed by atoms with E-state index in [9.17, 15) is 0 Å². The summed E-state index contributed by atoms with van der Waals surface area (Å²) < 4.78 is 7.55. The molecule has 0 aliphatic carbocycles. The number of nitrogens with one attached hydrogen (secondary N) is 1. The topological polar surface area (TPSA) is 41.8 Å². The molecule has 2 aromatic rings. The maximum atomic E-state index is 5.50.